The predicted octanol–water partition coefficient (Wildman–Crippen LogP) is 3.45. The first kappa shape index (κ1) is 13.7. The van der Waals surface area contributed by atoms with Crippen LogP contribution in [-0.4, -0.2) is 18.4 Å². The summed E-state index contributed by atoms with van der Waals surface area (Å²) < 4.78 is 0. The minimum atomic E-state index is 0.406. The highest BCUT2D eigenvalue weighted by Crippen LogP contribution is 2.17. The topological polar surface area (TPSA) is 29.1 Å². The molecule has 16 heavy (non-hydrogen) atoms. The third kappa shape index (κ3) is 6.26. The lowest BCUT2D eigenvalue weighted by Crippen LogP contribution is -2.31. The number of hydrogen-bond acceptors (Lipinski definition) is 2. The molecule has 1 rings (SSSR count). The predicted molar refractivity (Wildman–Crippen MR) is 68.6 cm³/mol. The molecule has 1 aliphatic carbocycles. The van der Waals surface area contributed by atoms with Gasteiger partial charge < -0.3 is 5.32 Å². The van der Waals surface area contributed by atoms with Crippen LogP contribution in [0.5, 0.6) is 0 Å². The second-order valence-corrected chi connectivity index (χ2v) is 5.07. The van der Waals surface area contributed by atoms with E-state index in [0.29, 0.717) is 18.4 Å². The Morgan fingerprint density at radius 3 is 2.50 bits per heavy atom. The van der Waals surface area contributed by atoms with Crippen LogP contribution in [0, 0.1) is 0 Å². The van der Waals surface area contributed by atoms with Gasteiger partial charge in [0.15, 0.2) is 0 Å². The van der Waals surface area contributed by atoms with Crippen LogP contribution in [0.2, 0.25) is 0 Å². The van der Waals surface area contributed by atoms with Gasteiger partial charge in [-0.05, 0) is 19.3 Å². The molecule has 0 bridgehead atoms. The molecule has 2 heteroatoms. The van der Waals surface area contributed by atoms with E-state index >= 15 is 0 Å². The number of carbonyl (C=O) groups is 1. The summed E-state index contributed by atoms with van der Waals surface area (Å²) >= 11 is 0. The van der Waals surface area contributed by atoms with Crippen molar-refractivity contribution in [2.45, 2.75) is 77.2 Å². The average molecular weight is 225 g/mol. The van der Waals surface area contributed by atoms with Crippen molar-refractivity contribution in [1.82, 2.24) is 5.32 Å². The Kier molecular flexibility index (Phi) is 7.48. The fourth-order valence-corrected chi connectivity index (χ4v) is 2.40. The lowest BCUT2D eigenvalue weighted by atomic mass is 10.1. The smallest absolute Gasteiger partial charge is 0.146 e. The Hall–Kier alpha value is -0.370. The minimum absolute atomic E-state index is 0.406. The number of hydrogen-bond donors (Lipinski definition) is 1. The van der Waals surface area contributed by atoms with E-state index in [-0.39, 0.29) is 0 Å². The third-order valence-corrected chi connectivity index (χ3v) is 3.50. The molecule has 1 N–H and O–H groups in total. The molecule has 0 spiro atoms. The fourth-order valence-electron chi connectivity index (χ4n) is 2.40. The molecule has 2 nitrogen and oxygen atoms in total. The van der Waals surface area contributed by atoms with Gasteiger partial charge in [0.25, 0.3) is 0 Å². The molecule has 1 fully saturated rings. The maximum absolute atomic E-state index is 11.6. The van der Waals surface area contributed by atoms with Gasteiger partial charge in [-0.15, -0.1) is 0 Å². The van der Waals surface area contributed by atoms with Crippen LogP contribution in [0.15, 0.2) is 0 Å². The average Bonchev–Trinajstić information content (AvgIpc) is 2.79. The van der Waals surface area contributed by atoms with Crippen LogP contribution in [0.4, 0.5) is 0 Å². The highest BCUT2D eigenvalue weighted by Gasteiger charge is 2.14. The molecule has 0 amide bonds. The molecule has 0 aromatic rings. The van der Waals surface area contributed by atoms with Crippen LogP contribution >= 0.6 is 0 Å². The van der Waals surface area contributed by atoms with Gasteiger partial charge in [-0.1, -0.05) is 45.4 Å². The zero-order valence-corrected chi connectivity index (χ0v) is 10.8. The summed E-state index contributed by atoms with van der Waals surface area (Å²) in [6, 6.07) is 0.629. The van der Waals surface area contributed by atoms with Crippen LogP contribution in [0.3, 0.4) is 0 Å². The second kappa shape index (κ2) is 8.74. The van der Waals surface area contributed by atoms with Crippen molar-refractivity contribution in [2.75, 3.05) is 6.54 Å². The lowest BCUT2D eigenvalue weighted by molar-refractivity contribution is -0.118. The molecule has 0 heterocycles. The van der Waals surface area contributed by atoms with E-state index in [2.05, 4.69) is 12.2 Å². The van der Waals surface area contributed by atoms with Crippen molar-refractivity contribution in [2.24, 2.45) is 0 Å². The molecule has 0 atom stereocenters. The number of ketones is 1. The quantitative estimate of drug-likeness (QED) is 0.609. The highest BCUT2D eigenvalue weighted by molar-refractivity contribution is 5.80. The summed E-state index contributed by atoms with van der Waals surface area (Å²) in [5.74, 6) is 0.406. The van der Waals surface area contributed by atoms with E-state index in [1.54, 1.807) is 0 Å². The molecule has 0 aromatic heterocycles. The third-order valence-electron chi connectivity index (χ3n) is 3.50. The summed E-state index contributed by atoms with van der Waals surface area (Å²) in [4.78, 5) is 11.6. The molecular weight excluding hydrogens is 198 g/mol. The number of carbonyl (C=O) groups excluding carboxylic acids is 1. The Morgan fingerprint density at radius 2 is 1.81 bits per heavy atom. The van der Waals surface area contributed by atoms with E-state index in [1.807, 2.05) is 0 Å². The van der Waals surface area contributed by atoms with Crippen molar-refractivity contribution in [3.8, 4) is 0 Å². The maximum atomic E-state index is 11.6. The SMILES string of the molecule is CCCCCCCC(=O)CNC1CCCC1. The molecule has 1 aliphatic rings. The standard InChI is InChI=1S/C14H27NO/c1-2-3-4-5-6-11-14(16)12-15-13-9-7-8-10-13/h13,15H,2-12H2,1H3. The molecule has 1 saturated carbocycles. The lowest BCUT2D eigenvalue weighted by Gasteiger charge is -2.10. The zero-order valence-electron chi connectivity index (χ0n) is 10.8. The second-order valence-electron chi connectivity index (χ2n) is 5.07. The zero-order chi connectivity index (χ0) is 11.6. The summed E-state index contributed by atoms with van der Waals surface area (Å²) in [6.45, 7) is 2.83. The number of unbranched alkanes of at least 4 members (excludes halogenated alkanes) is 4. The van der Waals surface area contributed by atoms with Crippen LogP contribution in [0.1, 0.15) is 71.1 Å². The summed E-state index contributed by atoms with van der Waals surface area (Å²) in [5.41, 5.74) is 0. The number of Topliss-reactive ketones (excluding diaryl/α,β-unsaturated/α-hetero) is 1. The molecule has 0 aromatic carbocycles. The van der Waals surface area contributed by atoms with Gasteiger partial charge in [0.1, 0.15) is 5.78 Å². The van der Waals surface area contributed by atoms with Gasteiger partial charge in [-0.25, -0.2) is 0 Å². The molecule has 0 aliphatic heterocycles. The molecular formula is C14H27NO. The van der Waals surface area contributed by atoms with E-state index in [4.69, 9.17) is 0 Å². The van der Waals surface area contributed by atoms with E-state index < -0.39 is 0 Å². The van der Waals surface area contributed by atoms with Crippen LogP contribution in [0.25, 0.3) is 0 Å². The van der Waals surface area contributed by atoms with Crippen molar-refractivity contribution in [3.63, 3.8) is 0 Å². The Labute approximate surface area is 100 Å². The first-order chi connectivity index (χ1) is 7.83. The maximum Gasteiger partial charge on any atom is 0.146 e. The highest BCUT2D eigenvalue weighted by atomic mass is 16.1. The van der Waals surface area contributed by atoms with Gasteiger partial charge in [0, 0.05) is 12.5 Å². The number of rotatable bonds is 9. The molecule has 0 radical (unpaired) electrons. The first-order valence-corrected chi connectivity index (χ1v) is 7.08. The van der Waals surface area contributed by atoms with Gasteiger partial charge in [0.2, 0.25) is 0 Å². The fraction of sp³-hybridized carbons (Fsp3) is 0.929. The number of nitrogens with one attached hydrogen (secondary N) is 1. The summed E-state index contributed by atoms with van der Waals surface area (Å²) in [7, 11) is 0. The van der Waals surface area contributed by atoms with Crippen LogP contribution in [-0.2, 0) is 4.79 Å². The first-order valence-electron chi connectivity index (χ1n) is 7.08. The van der Waals surface area contributed by atoms with E-state index in [1.165, 1.54) is 51.4 Å². The van der Waals surface area contributed by atoms with Crippen molar-refractivity contribution < 1.29 is 4.79 Å². The van der Waals surface area contributed by atoms with E-state index in [0.717, 1.165) is 12.8 Å². The van der Waals surface area contributed by atoms with E-state index in [9.17, 15) is 4.79 Å². The molecule has 0 saturated heterocycles. The monoisotopic (exact) mass is 225 g/mol. The van der Waals surface area contributed by atoms with Gasteiger partial charge in [-0.2, -0.15) is 0 Å². The normalized spacial score (nSPS) is 16.8. The largest absolute Gasteiger partial charge is 0.307 e. The van der Waals surface area contributed by atoms with Gasteiger partial charge in [-0.3, -0.25) is 4.79 Å². The minimum Gasteiger partial charge on any atom is -0.307 e. The summed E-state index contributed by atoms with van der Waals surface area (Å²) in [6.07, 6.45) is 12.2. The Morgan fingerprint density at radius 1 is 1.12 bits per heavy atom. The summed E-state index contributed by atoms with van der Waals surface area (Å²) in [5, 5.41) is 3.38. The molecule has 0 unspecified atom stereocenters. The Balaban J connectivity index is 1.90. The van der Waals surface area contributed by atoms with Gasteiger partial charge >= 0.3 is 0 Å². The van der Waals surface area contributed by atoms with Crippen molar-refractivity contribution in [1.29, 1.82) is 0 Å². The molecule has 94 valence electrons. The van der Waals surface area contributed by atoms with Crippen molar-refractivity contribution in [3.05, 3.63) is 0 Å². The Bertz CT molecular complexity index is 185. The van der Waals surface area contributed by atoms with Crippen LogP contribution < -0.4 is 5.32 Å². The van der Waals surface area contributed by atoms with Crippen molar-refractivity contribution >= 4 is 5.78 Å². The van der Waals surface area contributed by atoms with Gasteiger partial charge in [0.05, 0.1) is 6.54 Å².